The fraction of sp³-hybridized carbons (Fsp3) is 0.571. The van der Waals surface area contributed by atoms with Crippen LogP contribution in [0.15, 0.2) is 57.7 Å². The standard InChI is InChI=1S/C28H40O2/c1-25(2,3)18-15-19(23(29)22(16-18)28(10,11)12)17-13-20(26(4,5)6)24(30)21(14-17)27(7,8)9/h13-16H,1-12H3. The van der Waals surface area contributed by atoms with E-state index in [-0.39, 0.29) is 33.2 Å². The summed E-state index contributed by atoms with van der Waals surface area (Å²) in [6, 6.07) is 0. The molecule has 0 heterocycles. The van der Waals surface area contributed by atoms with Gasteiger partial charge in [-0.3, -0.25) is 9.59 Å². The van der Waals surface area contributed by atoms with E-state index in [1.54, 1.807) is 0 Å². The van der Waals surface area contributed by atoms with Crippen molar-refractivity contribution in [2.75, 3.05) is 0 Å². The van der Waals surface area contributed by atoms with E-state index in [0.717, 1.165) is 27.9 Å². The molecule has 0 atom stereocenters. The summed E-state index contributed by atoms with van der Waals surface area (Å²) in [6.45, 7) is 25.1. The van der Waals surface area contributed by atoms with Crippen molar-refractivity contribution in [2.24, 2.45) is 21.7 Å². The largest absolute Gasteiger partial charge is 0.289 e. The van der Waals surface area contributed by atoms with E-state index < -0.39 is 0 Å². The Morgan fingerprint density at radius 1 is 0.467 bits per heavy atom. The number of ketones is 2. The topological polar surface area (TPSA) is 34.1 Å². The number of hydrogen-bond donors (Lipinski definition) is 0. The van der Waals surface area contributed by atoms with Crippen molar-refractivity contribution < 1.29 is 9.59 Å². The average molecular weight is 409 g/mol. The molecule has 0 saturated heterocycles. The number of carbonyl (C=O) groups excluding carboxylic acids is 2. The Labute approximate surface area is 183 Å². The smallest absolute Gasteiger partial charge is 0.190 e. The van der Waals surface area contributed by atoms with Crippen LogP contribution in [0.4, 0.5) is 0 Å². The van der Waals surface area contributed by atoms with E-state index in [1.807, 2.05) is 18.2 Å². The van der Waals surface area contributed by atoms with E-state index in [9.17, 15) is 9.59 Å². The molecular weight excluding hydrogens is 368 g/mol. The van der Waals surface area contributed by atoms with Crippen LogP contribution in [0.25, 0.3) is 0 Å². The van der Waals surface area contributed by atoms with Crippen molar-refractivity contribution in [3.05, 3.63) is 57.7 Å². The maximum atomic E-state index is 13.6. The van der Waals surface area contributed by atoms with E-state index in [0.29, 0.717) is 5.57 Å². The monoisotopic (exact) mass is 408 g/mol. The zero-order chi connectivity index (χ0) is 23.4. The first kappa shape index (κ1) is 24.3. The molecule has 2 aliphatic carbocycles. The lowest BCUT2D eigenvalue weighted by atomic mass is 9.69. The Morgan fingerprint density at radius 3 is 1.17 bits per heavy atom. The van der Waals surface area contributed by atoms with E-state index in [4.69, 9.17) is 0 Å². The van der Waals surface area contributed by atoms with Gasteiger partial charge < -0.3 is 0 Å². The van der Waals surface area contributed by atoms with Crippen molar-refractivity contribution in [1.82, 2.24) is 0 Å². The van der Waals surface area contributed by atoms with Crippen molar-refractivity contribution in [1.29, 1.82) is 0 Å². The van der Waals surface area contributed by atoms with Crippen LogP contribution < -0.4 is 0 Å². The fourth-order valence-electron chi connectivity index (χ4n) is 3.73. The molecule has 0 aromatic heterocycles. The highest BCUT2D eigenvalue weighted by Crippen LogP contribution is 2.43. The summed E-state index contributed by atoms with van der Waals surface area (Å²) in [6.07, 6.45) is 8.01. The molecule has 2 rings (SSSR count). The SMILES string of the molecule is CC(C)(C)C1=CC(=C2C=C(C(C)(C)C)C(=O)C(C(C)(C)C)=C2)C(=O)C(C(C)(C)C)=C1. The Balaban J connectivity index is 2.91. The maximum absolute atomic E-state index is 13.6. The van der Waals surface area contributed by atoms with Gasteiger partial charge in [-0.2, -0.15) is 0 Å². The Hall–Kier alpha value is -1.96. The molecule has 0 bridgehead atoms. The maximum Gasteiger partial charge on any atom is 0.190 e. The number of Topliss-reactive ketones (excluding diaryl/α,β-unsaturated/α-hetero) is 2. The molecule has 2 aliphatic rings. The van der Waals surface area contributed by atoms with E-state index in [1.165, 1.54) is 0 Å². The summed E-state index contributed by atoms with van der Waals surface area (Å²) in [7, 11) is 0. The minimum atomic E-state index is -0.301. The van der Waals surface area contributed by atoms with Crippen molar-refractivity contribution in [2.45, 2.75) is 83.1 Å². The first-order valence-electron chi connectivity index (χ1n) is 11.0. The average Bonchev–Trinajstić information content (AvgIpc) is 2.51. The molecule has 0 radical (unpaired) electrons. The Kier molecular flexibility index (Phi) is 5.93. The fourth-order valence-corrected chi connectivity index (χ4v) is 3.73. The molecule has 0 aliphatic heterocycles. The van der Waals surface area contributed by atoms with Crippen molar-refractivity contribution in [3.8, 4) is 0 Å². The van der Waals surface area contributed by atoms with Gasteiger partial charge >= 0.3 is 0 Å². The molecular formula is C28H40O2. The lowest BCUT2D eigenvalue weighted by Crippen LogP contribution is -2.29. The quantitative estimate of drug-likeness (QED) is 0.393. The first-order chi connectivity index (χ1) is 13.2. The Morgan fingerprint density at radius 2 is 0.833 bits per heavy atom. The van der Waals surface area contributed by atoms with Crippen molar-refractivity contribution in [3.63, 3.8) is 0 Å². The van der Waals surface area contributed by atoms with Crippen LogP contribution in [0.2, 0.25) is 0 Å². The molecule has 2 heteroatoms. The van der Waals surface area contributed by atoms with Gasteiger partial charge in [0.2, 0.25) is 0 Å². The predicted octanol–water partition coefficient (Wildman–Crippen LogP) is 7.34. The van der Waals surface area contributed by atoms with Gasteiger partial charge in [-0.25, -0.2) is 0 Å². The molecule has 0 spiro atoms. The third-order valence-electron chi connectivity index (χ3n) is 5.78. The van der Waals surface area contributed by atoms with Crippen LogP contribution in [-0.2, 0) is 9.59 Å². The van der Waals surface area contributed by atoms with E-state index in [2.05, 4.69) is 89.2 Å². The molecule has 0 N–H and O–H groups in total. The van der Waals surface area contributed by atoms with Gasteiger partial charge in [0, 0.05) is 22.3 Å². The summed E-state index contributed by atoms with van der Waals surface area (Å²) in [5, 5.41) is 0. The van der Waals surface area contributed by atoms with Gasteiger partial charge in [0.05, 0.1) is 0 Å². The molecule has 0 saturated carbocycles. The molecule has 0 fully saturated rings. The number of hydrogen-bond acceptors (Lipinski definition) is 2. The third-order valence-corrected chi connectivity index (χ3v) is 5.78. The van der Waals surface area contributed by atoms with Gasteiger partial charge in [-0.15, -0.1) is 0 Å². The van der Waals surface area contributed by atoms with Crippen LogP contribution in [0.3, 0.4) is 0 Å². The highest BCUT2D eigenvalue weighted by Gasteiger charge is 2.37. The lowest BCUT2D eigenvalue weighted by Gasteiger charge is -2.33. The second-order valence-corrected chi connectivity index (χ2v) is 12.8. The minimum absolute atomic E-state index is 0.0638. The highest BCUT2D eigenvalue weighted by molar-refractivity contribution is 6.16. The summed E-state index contributed by atoms with van der Waals surface area (Å²) in [5.74, 6) is 0.156. The lowest BCUT2D eigenvalue weighted by molar-refractivity contribution is -0.114. The molecule has 0 aromatic rings. The second kappa shape index (κ2) is 7.32. The van der Waals surface area contributed by atoms with Crippen LogP contribution in [0, 0.1) is 21.7 Å². The first-order valence-corrected chi connectivity index (χ1v) is 11.0. The van der Waals surface area contributed by atoms with Crippen LogP contribution >= 0.6 is 0 Å². The van der Waals surface area contributed by atoms with Crippen molar-refractivity contribution >= 4 is 11.6 Å². The van der Waals surface area contributed by atoms with Gasteiger partial charge in [-0.1, -0.05) is 89.2 Å². The van der Waals surface area contributed by atoms with Crippen LogP contribution in [-0.4, -0.2) is 11.6 Å². The molecule has 0 unspecified atom stereocenters. The van der Waals surface area contributed by atoms with Gasteiger partial charge in [-0.05, 0) is 51.0 Å². The number of rotatable bonds is 0. The van der Waals surface area contributed by atoms with E-state index >= 15 is 0 Å². The summed E-state index contributed by atoms with van der Waals surface area (Å²) < 4.78 is 0. The minimum Gasteiger partial charge on any atom is -0.289 e. The number of carbonyl (C=O) groups is 2. The molecule has 2 nitrogen and oxygen atoms in total. The van der Waals surface area contributed by atoms with Gasteiger partial charge in [0.15, 0.2) is 11.6 Å². The Bertz CT molecular complexity index is 893. The predicted molar refractivity (Wildman–Crippen MR) is 127 cm³/mol. The summed E-state index contributed by atoms with van der Waals surface area (Å²) in [5.41, 5.74) is 4.11. The molecule has 164 valence electrons. The van der Waals surface area contributed by atoms with Gasteiger partial charge in [0.25, 0.3) is 0 Å². The third kappa shape index (κ3) is 4.85. The molecule has 0 aromatic carbocycles. The molecule has 0 amide bonds. The second-order valence-electron chi connectivity index (χ2n) is 12.8. The van der Waals surface area contributed by atoms with Gasteiger partial charge in [0.1, 0.15) is 0 Å². The summed E-state index contributed by atoms with van der Waals surface area (Å²) >= 11 is 0. The zero-order valence-electron chi connectivity index (χ0n) is 21.1. The van der Waals surface area contributed by atoms with Crippen LogP contribution in [0.1, 0.15) is 83.1 Å². The number of allylic oxidation sites excluding steroid dienone is 10. The zero-order valence-corrected chi connectivity index (χ0v) is 21.1. The summed E-state index contributed by atoms with van der Waals surface area (Å²) in [4.78, 5) is 26.9. The normalized spacial score (nSPS) is 19.5. The van der Waals surface area contributed by atoms with Crippen LogP contribution in [0.5, 0.6) is 0 Å². The highest BCUT2D eigenvalue weighted by atomic mass is 16.1. The molecule has 30 heavy (non-hydrogen) atoms.